The zero-order valence-corrected chi connectivity index (χ0v) is 27.3. The zero-order chi connectivity index (χ0) is 33.1. The molecule has 46 heavy (non-hydrogen) atoms. The number of esters is 1. The summed E-state index contributed by atoms with van der Waals surface area (Å²) in [6.07, 6.45) is 3.09. The van der Waals surface area contributed by atoms with Gasteiger partial charge in [-0.3, -0.25) is 9.97 Å². The molecule has 0 bridgehead atoms. The number of anilines is 1. The van der Waals surface area contributed by atoms with Crippen molar-refractivity contribution in [3.05, 3.63) is 103 Å². The number of nitrogens with zero attached hydrogens (tertiary/aromatic N) is 4. The van der Waals surface area contributed by atoms with E-state index in [9.17, 15) is 26.0 Å². The second-order valence-corrected chi connectivity index (χ2v) is 14.8. The molecule has 1 aliphatic heterocycles. The van der Waals surface area contributed by atoms with Crippen LogP contribution in [0.25, 0.3) is 21.8 Å². The molecule has 2 aromatic heterocycles. The highest BCUT2D eigenvalue weighted by Crippen LogP contribution is 2.30. The smallest absolute Gasteiger partial charge is 0.330 e. The molecule has 240 valence electrons. The van der Waals surface area contributed by atoms with E-state index in [0.717, 1.165) is 10.8 Å². The molecule has 3 heterocycles. The quantitative estimate of drug-likeness (QED) is 0.173. The fraction of sp³-hybridized carbons (Fsp3) is 0.219. The highest BCUT2D eigenvalue weighted by molar-refractivity contribution is 8.14. The number of sulfonamides is 1. The first-order valence-corrected chi connectivity index (χ1v) is 18.0. The Morgan fingerprint density at radius 2 is 1.48 bits per heavy atom. The normalized spacial score (nSPS) is 15.7. The van der Waals surface area contributed by atoms with Crippen molar-refractivity contribution in [2.24, 2.45) is 0 Å². The van der Waals surface area contributed by atoms with Crippen LogP contribution in [0.1, 0.15) is 12.5 Å². The van der Waals surface area contributed by atoms with E-state index in [2.05, 4.69) is 9.97 Å². The number of pyridine rings is 2. The molecule has 1 aliphatic rings. The Kier molecular flexibility index (Phi) is 9.87. The first-order chi connectivity index (χ1) is 21.9. The molecule has 1 fully saturated rings. The van der Waals surface area contributed by atoms with E-state index in [4.69, 9.17) is 15.4 Å². The summed E-state index contributed by atoms with van der Waals surface area (Å²) in [4.78, 5) is 23.0. The number of hydrogen-bond acceptors (Lipinski definition) is 9. The van der Waals surface area contributed by atoms with E-state index in [0.29, 0.717) is 22.3 Å². The molecule has 14 heteroatoms. The molecule has 1 saturated heterocycles. The predicted octanol–water partition coefficient (Wildman–Crippen LogP) is 5.29. The lowest BCUT2D eigenvalue weighted by Gasteiger charge is -2.41. The number of fused-ring (bicyclic) bond motifs is 2. The monoisotopic (exact) mass is 684 g/mol. The van der Waals surface area contributed by atoms with Crippen molar-refractivity contribution in [3.8, 4) is 0 Å². The van der Waals surface area contributed by atoms with Crippen LogP contribution in [0.4, 0.5) is 10.1 Å². The summed E-state index contributed by atoms with van der Waals surface area (Å²) in [6.45, 7) is 3.97. The lowest BCUT2D eigenvalue weighted by molar-refractivity contribution is -0.145. The van der Waals surface area contributed by atoms with Gasteiger partial charge in [0.1, 0.15) is 21.7 Å². The Morgan fingerprint density at radius 1 is 0.891 bits per heavy atom. The van der Waals surface area contributed by atoms with Crippen molar-refractivity contribution >= 4 is 63.2 Å². The molecule has 0 aliphatic carbocycles. The maximum absolute atomic E-state index is 13.6. The molecule has 1 atom stereocenters. The molecule has 10 nitrogen and oxygen atoms in total. The van der Waals surface area contributed by atoms with Gasteiger partial charge in [-0.1, -0.05) is 36.4 Å². The topological polar surface area (TPSA) is 127 Å². The summed E-state index contributed by atoms with van der Waals surface area (Å²) in [5.74, 6) is -0.893. The number of aryl methyl sites for hydroxylation is 1. The van der Waals surface area contributed by atoms with E-state index >= 15 is 0 Å². The van der Waals surface area contributed by atoms with E-state index in [1.54, 1.807) is 79.5 Å². The lowest BCUT2D eigenvalue weighted by Crippen LogP contribution is -2.58. The van der Waals surface area contributed by atoms with Crippen molar-refractivity contribution < 1.29 is 30.8 Å². The van der Waals surface area contributed by atoms with Crippen molar-refractivity contribution in [1.29, 1.82) is 0 Å². The lowest BCUT2D eigenvalue weighted by atomic mass is 10.1. The standard InChI is InChI=1S/C23H24FN3O4S.C9H6ClNO2S/c1-3-31-23(28)20-15-26(12-13-27(20)19-10-9-18(24)14-16(19)2)32(29,30)21-8-4-6-17-7-5-11-25-22(17)21;10-14(12,13)8-5-1-3-7-4-2-6-11-9(7)8/h4-11,14,20H,3,12-13,15H2,1-2H3;1-6H. The molecule has 0 radical (unpaired) electrons. The van der Waals surface area contributed by atoms with Crippen LogP contribution in [0.2, 0.25) is 0 Å². The summed E-state index contributed by atoms with van der Waals surface area (Å²) in [5.41, 5.74) is 2.13. The molecule has 0 saturated carbocycles. The van der Waals surface area contributed by atoms with E-state index < -0.39 is 31.1 Å². The van der Waals surface area contributed by atoms with Gasteiger partial charge in [0.2, 0.25) is 10.0 Å². The molecular weight excluding hydrogens is 655 g/mol. The first-order valence-electron chi connectivity index (χ1n) is 14.2. The Bertz CT molecular complexity index is 2120. The minimum absolute atomic E-state index is 0.0530. The summed E-state index contributed by atoms with van der Waals surface area (Å²) < 4.78 is 69.6. The van der Waals surface area contributed by atoms with Gasteiger partial charge in [-0.05, 0) is 61.9 Å². The third kappa shape index (κ3) is 6.97. The number of halogens is 2. The van der Waals surface area contributed by atoms with Gasteiger partial charge in [-0.2, -0.15) is 4.31 Å². The van der Waals surface area contributed by atoms with Gasteiger partial charge < -0.3 is 9.64 Å². The summed E-state index contributed by atoms with van der Waals surface area (Å²) in [6, 6.07) is 20.4. The molecule has 0 amide bonds. The number of carbonyl (C=O) groups is 1. The average molecular weight is 685 g/mol. The number of para-hydroxylation sites is 2. The van der Waals surface area contributed by atoms with E-state index in [1.165, 1.54) is 34.8 Å². The Morgan fingerprint density at radius 3 is 2.07 bits per heavy atom. The van der Waals surface area contributed by atoms with Crippen molar-refractivity contribution in [1.82, 2.24) is 14.3 Å². The number of benzene rings is 3. The third-order valence-electron chi connectivity index (χ3n) is 7.44. The molecule has 1 unspecified atom stereocenters. The number of ether oxygens (including phenoxy) is 1. The van der Waals surface area contributed by atoms with Crippen LogP contribution >= 0.6 is 10.7 Å². The van der Waals surface area contributed by atoms with Crippen LogP contribution in [-0.4, -0.2) is 69.4 Å². The van der Waals surface area contributed by atoms with Crippen molar-refractivity contribution in [3.63, 3.8) is 0 Å². The predicted molar refractivity (Wildman–Crippen MR) is 174 cm³/mol. The van der Waals surface area contributed by atoms with Gasteiger partial charge in [0, 0.05) is 59.2 Å². The zero-order valence-electron chi connectivity index (χ0n) is 24.9. The van der Waals surface area contributed by atoms with Crippen LogP contribution in [0, 0.1) is 12.7 Å². The Balaban J connectivity index is 0.000000247. The van der Waals surface area contributed by atoms with Gasteiger partial charge in [0.25, 0.3) is 9.05 Å². The second-order valence-electron chi connectivity index (χ2n) is 10.4. The molecule has 0 N–H and O–H groups in total. The van der Waals surface area contributed by atoms with E-state index in [1.807, 2.05) is 0 Å². The number of aromatic nitrogens is 2. The molecule has 5 aromatic rings. The molecule has 6 rings (SSSR count). The van der Waals surface area contributed by atoms with Crippen LogP contribution < -0.4 is 4.90 Å². The first kappa shape index (κ1) is 33.2. The third-order valence-corrected chi connectivity index (χ3v) is 10.7. The van der Waals surface area contributed by atoms with Gasteiger partial charge in [-0.25, -0.2) is 26.0 Å². The number of piperazine rings is 1. The van der Waals surface area contributed by atoms with Crippen LogP contribution in [0.3, 0.4) is 0 Å². The Labute approximate surface area is 270 Å². The number of hydrogen-bond donors (Lipinski definition) is 0. The summed E-state index contributed by atoms with van der Waals surface area (Å²) in [7, 11) is -2.37. The van der Waals surface area contributed by atoms with Crippen LogP contribution in [0.5, 0.6) is 0 Å². The molecular formula is C32H30ClFN4O6S2. The molecule has 0 spiro atoms. The number of carbonyl (C=O) groups excluding carboxylic acids is 1. The van der Waals surface area contributed by atoms with Crippen LogP contribution in [0.15, 0.2) is 101 Å². The number of rotatable bonds is 6. The van der Waals surface area contributed by atoms with Crippen molar-refractivity contribution in [2.75, 3.05) is 31.1 Å². The second kappa shape index (κ2) is 13.7. The molecule has 3 aromatic carbocycles. The SMILES string of the molecule is CCOC(=O)C1CN(S(=O)(=O)c2cccc3cccnc23)CCN1c1ccc(F)cc1C.O=S(=O)(Cl)c1cccc2cccnc12. The van der Waals surface area contributed by atoms with Gasteiger partial charge >= 0.3 is 5.97 Å². The fourth-order valence-electron chi connectivity index (χ4n) is 5.34. The van der Waals surface area contributed by atoms with Crippen molar-refractivity contribution in [2.45, 2.75) is 29.7 Å². The Hall–Kier alpha value is -4.17. The van der Waals surface area contributed by atoms with Gasteiger partial charge in [-0.15, -0.1) is 0 Å². The summed E-state index contributed by atoms with van der Waals surface area (Å²) >= 11 is 0. The average Bonchev–Trinajstić information content (AvgIpc) is 3.04. The fourth-order valence-corrected chi connectivity index (χ4v) is 7.96. The largest absolute Gasteiger partial charge is 0.464 e. The van der Waals surface area contributed by atoms with Crippen LogP contribution in [-0.2, 0) is 28.6 Å². The summed E-state index contributed by atoms with van der Waals surface area (Å²) in [5, 5.41) is 1.48. The maximum atomic E-state index is 13.6. The van der Waals surface area contributed by atoms with E-state index in [-0.39, 0.29) is 41.8 Å². The highest BCUT2D eigenvalue weighted by Gasteiger charge is 2.39. The van der Waals surface area contributed by atoms with Gasteiger partial charge in [0.05, 0.1) is 17.6 Å². The maximum Gasteiger partial charge on any atom is 0.330 e. The highest BCUT2D eigenvalue weighted by atomic mass is 35.7. The van der Waals surface area contributed by atoms with Gasteiger partial charge in [0.15, 0.2) is 0 Å². The minimum atomic E-state index is -3.92. The minimum Gasteiger partial charge on any atom is -0.464 e.